The Morgan fingerprint density at radius 2 is 1.94 bits per heavy atom. The summed E-state index contributed by atoms with van der Waals surface area (Å²) in [6.07, 6.45) is 1.66. The highest BCUT2D eigenvalue weighted by atomic mass is 19.1. The Morgan fingerprint density at radius 3 is 2.44 bits per heavy atom. The summed E-state index contributed by atoms with van der Waals surface area (Å²) in [5, 5.41) is 7.28. The molecule has 2 aromatic rings. The van der Waals surface area contributed by atoms with Crippen molar-refractivity contribution in [3.05, 3.63) is 53.4 Å². The predicted octanol–water partition coefficient (Wildman–Crippen LogP) is 2.40. The summed E-state index contributed by atoms with van der Waals surface area (Å²) in [6, 6.07) is 5.10. The largest absolute Gasteiger partial charge is 0.305 e. The molecule has 5 heteroatoms. The molecule has 0 spiro atoms. The lowest BCUT2D eigenvalue weighted by Crippen LogP contribution is -2.24. The van der Waals surface area contributed by atoms with Gasteiger partial charge in [0.2, 0.25) is 0 Å². The maximum absolute atomic E-state index is 13.3. The zero-order valence-corrected chi connectivity index (χ0v) is 10.3. The third kappa shape index (κ3) is 2.56. The number of benzene rings is 1. The first-order chi connectivity index (χ1) is 8.61. The summed E-state index contributed by atoms with van der Waals surface area (Å²) < 4.78 is 28.3. The molecule has 1 aromatic heterocycles. The van der Waals surface area contributed by atoms with E-state index in [2.05, 4.69) is 10.4 Å². The third-order valence-electron chi connectivity index (χ3n) is 2.78. The van der Waals surface area contributed by atoms with Crippen molar-refractivity contribution in [3.8, 4) is 0 Å². The molecule has 1 heterocycles. The number of halogens is 2. The van der Waals surface area contributed by atoms with Crippen molar-refractivity contribution >= 4 is 0 Å². The summed E-state index contributed by atoms with van der Waals surface area (Å²) >= 11 is 0. The minimum Gasteiger partial charge on any atom is -0.305 e. The van der Waals surface area contributed by atoms with E-state index in [9.17, 15) is 8.78 Å². The van der Waals surface area contributed by atoms with Crippen LogP contribution in [0.3, 0.4) is 0 Å². The highest BCUT2D eigenvalue weighted by Gasteiger charge is 2.17. The van der Waals surface area contributed by atoms with E-state index in [-0.39, 0.29) is 6.04 Å². The summed E-state index contributed by atoms with van der Waals surface area (Å²) in [7, 11) is 1.80. The number of rotatable bonds is 4. The minimum atomic E-state index is -0.574. The van der Waals surface area contributed by atoms with Gasteiger partial charge in [-0.3, -0.25) is 4.68 Å². The van der Waals surface area contributed by atoms with Crippen LogP contribution >= 0.6 is 0 Å². The Balaban J connectivity index is 2.44. The van der Waals surface area contributed by atoms with Crippen molar-refractivity contribution in [2.75, 3.05) is 6.54 Å². The molecule has 0 saturated heterocycles. The fraction of sp³-hybridized carbons (Fsp3) is 0.308. The van der Waals surface area contributed by atoms with Gasteiger partial charge in [0.15, 0.2) is 0 Å². The number of hydrogen-bond acceptors (Lipinski definition) is 2. The van der Waals surface area contributed by atoms with Crippen LogP contribution in [0.4, 0.5) is 8.78 Å². The Bertz CT molecular complexity index is 517. The maximum Gasteiger partial charge on any atom is 0.126 e. The van der Waals surface area contributed by atoms with Crippen molar-refractivity contribution < 1.29 is 8.78 Å². The molecule has 0 aliphatic heterocycles. The molecule has 18 heavy (non-hydrogen) atoms. The van der Waals surface area contributed by atoms with Crippen LogP contribution in [0.25, 0.3) is 0 Å². The van der Waals surface area contributed by atoms with Gasteiger partial charge in [-0.1, -0.05) is 6.92 Å². The lowest BCUT2D eigenvalue weighted by molar-refractivity contribution is 0.547. The van der Waals surface area contributed by atoms with Gasteiger partial charge >= 0.3 is 0 Å². The lowest BCUT2D eigenvalue weighted by atomic mass is 10.0. The Kier molecular flexibility index (Phi) is 3.72. The summed E-state index contributed by atoms with van der Waals surface area (Å²) in [6.45, 7) is 2.63. The monoisotopic (exact) mass is 251 g/mol. The number of nitrogens with one attached hydrogen (secondary N) is 1. The standard InChI is InChI=1S/C13H15F2N3/c1-3-16-13(12-4-5-17-18(12)2)9-6-10(14)8-11(15)7-9/h4-8,13,16H,3H2,1-2H3. The molecule has 0 radical (unpaired) electrons. The minimum absolute atomic E-state index is 0.271. The fourth-order valence-electron chi connectivity index (χ4n) is 2.01. The smallest absolute Gasteiger partial charge is 0.126 e. The van der Waals surface area contributed by atoms with Crippen molar-refractivity contribution in [2.24, 2.45) is 7.05 Å². The fourth-order valence-corrected chi connectivity index (χ4v) is 2.01. The van der Waals surface area contributed by atoms with Gasteiger partial charge in [-0.25, -0.2) is 8.78 Å². The van der Waals surface area contributed by atoms with Crippen LogP contribution in [0.2, 0.25) is 0 Å². The van der Waals surface area contributed by atoms with Gasteiger partial charge in [0.05, 0.1) is 11.7 Å². The van der Waals surface area contributed by atoms with Gasteiger partial charge in [0, 0.05) is 19.3 Å². The second kappa shape index (κ2) is 5.27. The van der Waals surface area contributed by atoms with E-state index < -0.39 is 11.6 Å². The Morgan fingerprint density at radius 1 is 1.28 bits per heavy atom. The number of aromatic nitrogens is 2. The molecule has 3 nitrogen and oxygen atoms in total. The van der Waals surface area contributed by atoms with Crippen molar-refractivity contribution in [1.29, 1.82) is 0 Å². The van der Waals surface area contributed by atoms with E-state index in [1.165, 1.54) is 12.1 Å². The predicted molar refractivity (Wildman–Crippen MR) is 65.1 cm³/mol. The maximum atomic E-state index is 13.3. The molecule has 0 bridgehead atoms. The van der Waals surface area contributed by atoms with E-state index in [0.29, 0.717) is 12.1 Å². The van der Waals surface area contributed by atoms with Gasteiger partial charge in [-0.05, 0) is 30.3 Å². The molecule has 1 aromatic carbocycles. The molecule has 2 rings (SSSR count). The second-order valence-corrected chi connectivity index (χ2v) is 4.07. The van der Waals surface area contributed by atoms with Crippen molar-refractivity contribution in [3.63, 3.8) is 0 Å². The van der Waals surface area contributed by atoms with Crippen LogP contribution in [-0.4, -0.2) is 16.3 Å². The normalized spacial score (nSPS) is 12.7. The van der Waals surface area contributed by atoms with Gasteiger partial charge in [-0.2, -0.15) is 5.10 Å². The van der Waals surface area contributed by atoms with Crippen LogP contribution in [0, 0.1) is 11.6 Å². The van der Waals surface area contributed by atoms with E-state index in [1.807, 2.05) is 13.0 Å². The van der Waals surface area contributed by atoms with Gasteiger partial charge in [0.1, 0.15) is 11.6 Å². The summed E-state index contributed by atoms with van der Waals surface area (Å²) in [5.41, 5.74) is 1.42. The van der Waals surface area contributed by atoms with Crippen LogP contribution in [0.5, 0.6) is 0 Å². The van der Waals surface area contributed by atoms with Crippen LogP contribution in [-0.2, 0) is 7.05 Å². The molecule has 0 saturated carbocycles. The summed E-state index contributed by atoms with van der Waals surface area (Å²) in [4.78, 5) is 0. The van der Waals surface area contributed by atoms with Gasteiger partial charge in [-0.15, -0.1) is 0 Å². The Labute approximate surface area is 104 Å². The molecule has 1 unspecified atom stereocenters. The molecular weight excluding hydrogens is 236 g/mol. The molecule has 0 amide bonds. The molecular formula is C13H15F2N3. The lowest BCUT2D eigenvalue weighted by Gasteiger charge is -2.18. The van der Waals surface area contributed by atoms with Crippen molar-refractivity contribution in [1.82, 2.24) is 15.1 Å². The van der Waals surface area contributed by atoms with E-state index >= 15 is 0 Å². The molecule has 0 aliphatic carbocycles. The molecule has 0 aliphatic rings. The van der Waals surface area contributed by atoms with E-state index in [1.54, 1.807) is 17.9 Å². The van der Waals surface area contributed by atoms with Crippen LogP contribution < -0.4 is 5.32 Å². The summed E-state index contributed by atoms with van der Waals surface area (Å²) in [5.74, 6) is -1.15. The number of nitrogens with zero attached hydrogens (tertiary/aromatic N) is 2. The molecule has 1 N–H and O–H groups in total. The Hall–Kier alpha value is -1.75. The van der Waals surface area contributed by atoms with E-state index in [4.69, 9.17) is 0 Å². The first kappa shape index (κ1) is 12.7. The zero-order chi connectivity index (χ0) is 13.1. The van der Waals surface area contributed by atoms with Gasteiger partial charge < -0.3 is 5.32 Å². The molecule has 0 fully saturated rings. The highest BCUT2D eigenvalue weighted by molar-refractivity contribution is 5.28. The first-order valence-electron chi connectivity index (χ1n) is 5.79. The quantitative estimate of drug-likeness (QED) is 0.904. The van der Waals surface area contributed by atoms with Gasteiger partial charge in [0.25, 0.3) is 0 Å². The zero-order valence-electron chi connectivity index (χ0n) is 10.3. The number of hydrogen-bond donors (Lipinski definition) is 1. The highest BCUT2D eigenvalue weighted by Crippen LogP contribution is 2.23. The van der Waals surface area contributed by atoms with E-state index in [0.717, 1.165) is 11.8 Å². The average molecular weight is 251 g/mol. The third-order valence-corrected chi connectivity index (χ3v) is 2.78. The van der Waals surface area contributed by atoms with Crippen LogP contribution in [0.1, 0.15) is 24.2 Å². The average Bonchev–Trinajstić information content (AvgIpc) is 2.71. The number of aryl methyl sites for hydroxylation is 1. The van der Waals surface area contributed by atoms with Crippen LogP contribution in [0.15, 0.2) is 30.5 Å². The molecule has 96 valence electrons. The second-order valence-electron chi connectivity index (χ2n) is 4.07. The molecule has 1 atom stereocenters. The SMILES string of the molecule is CCNC(c1cc(F)cc(F)c1)c1ccnn1C. The van der Waals surface area contributed by atoms with Crippen molar-refractivity contribution in [2.45, 2.75) is 13.0 Å². The topological polar surface area (TPSA) is 29.9 Å². The first-order valence-corrected chi connectivity index (χ1v) is 5.79.